The lowest BCUT2D eigenvalue weighted by Crippen LogP contribution is -2.14. The minimum absolute atomic E-state index is 0.137. The van der Waals surface area contributed by atoms with E-state index >= 15 is 0 Å². The van der Waals surface area contributed by atoms with Gasteiger partial charge in [-0.1, -0.05) is 30.3 Å². The van der Waals surface area contributed by atoms with Crippen LogP contribution < -0.4 is 20.7 Å². The number of ether oxygens (including phenoxy) is 2. The Kier molecular flexibility index (Phi) is 4.09. The molecule has 1 unspecified atom stereocenters. The number of rotatable bonds is 5. The molecule has 0 saturated heterocycles. The highest BCUT2D eigenvalue weighted by Crippen LogP contribution is 2.20. The summed E-state index contributed by atoms with van der Waals surface area (Å²) >= 11 is 0. The van der Waals surface area contributed by atoms with Gasteiger partial charge in [0.25, 0.3) is 0 Å². The summed E-state index contributed by atoms with van der Waals surface area (Å²) in [5, 5.41) is 0. The Balaban J connectivity index is 2.18. The zero-order valence-electron chi connectivity index (χ0n) is 10.7. The Labute approximate surface area is 110 Å². The average Bonchev–Trinajstić information content (AvgIpc) is 2.47. The van der Waals surface area contributed by atoms with Crippen molar-refractivity contribution >= 4 is 5.95 Å². The Morgan fingerprint density at radius 2 is 1.79 bits per heavy atom. The highest BCUT2D eigenvalue weighted by molar-refractivity contribution is 5.26. The predicted octanol–water partition coefficient (Wildman–Crippen LogP) is 1.31. The van der Waals surface area contributed by atoms with Crippen LogP contribution in [0.15, 0.2) is 30.3 Å². The zero-order valence-corrected chi connectivity index (χ0v) is 10.7. The number of nitrogen functional groups attached to an aromatic ring is 1. The minimum Gasteiger partial charge on any atom is -0.467 e. The van der Waals surface area contributed by atoms with E-state index in [2.05, 4.69) is 20.4 Å². The van der Waals surface area contributed by atoms with Crippen molar-refractivity contribution in [3.8, 4) is 12.0 Å². The second-order valence-corrected chi connectivity index (χ2v) is 3.74. The lowest BCUT2D eigenvalue weighted by molar-refractivity contribution is 0.203. The Hall–Kier alpha value is -2.41. The summed E-state index contributed by atoms with van der Waals surface area (Å²) in [6.07, 6.45) is -0.195. The molecule has 1 aromatic carbocycles. The van der Waals surface area contributed by atoms with Gasteiger partial charge in [-0.05, 0) is 12.5 Å². The summed E-state index contributed by atoms with van der Waals surface area (Å²) in [6.45, 7) is 1.90. The van der Waals surface area contributed by atoms with Gasteiger partial charge in [-0.15, -0.1) is 4.98 Å². The van der Waals surface area contributed by atoms with E-state index in [0.29, 0.717) is 0 Å². The molecule has 0 amide bonds. The van der Waals surface area contributed by atoms with E-state index < -0.39 is 0 Å². The number of benzene rings is 1. The van der Waals surface area contributed by atoms with Crippen LogP contribution in [0.2, 0.25) is 0 Å². The van der Waals surface area contributed by atoms with Crippen LogP contribution in [0.4, 0.5) is 5.95 Å². The number of nitrogens with one attached hydrogen (secondary N) is 1. The largest absolute Gasteiger partial charge is 0.467 e. The van der Waals surface area contributed by atoms with Gasteiger partial charge >= 0.3 is 12.0 Å². The van der Waals surface area contributed by atoms with Gasteiger partial charge in [0.2, 0.25) is 5.95 Å². The first-order valence-corrected chi connectivity index (χ1v) is 5.71. The first-order chi connectivity index (χ1) is 9.22. The smallest absolute Gasteiger partial charge is 0.325 e. The molecule has 0 spiro atoms. The van der Waals surface area contributed by atoms with Crippen LogP contribution in [0, 0.1) is 0 Å². The van der Waals surface area contributed by atoms with Gasteiger partial charge in [-0.2, -0.15) is 9.97 Å². The van der Waals surface area contributed by atoms with E-state index in [1.165, 1.54) is 7.11 Å². The molecule has 0 aliphatic heterocycles. The van der Waals surface area contributed by atoms with Crippen LogP contribution >= 0.6 is 0 Å². The van der Waals surface area contributed by atoms with Crippen LogP contribution in [0.3, 0.4) is 0 Å². The normalized spacial score (nSPS) is 11.7. The van der Waals surface area contributed by atoms with Crippen molar-refractivity contribution in [1.29, 1.82) is 0 Å². The molecular formula is C12H15N5O2. The lowest BCUT2D eigenvalue weighted by atomic mass is 10.1. The summed E-state index contributed by atoms with van der Waals surface area (Å²) in [5.74, 6) is 5.45. The van der Waals surface area contributed by atoms with Crippen molar-refractivity contribution in [2.45, 2.75) is 13.0 Å². The van der Waals surface area contributed by atoms with Gasteiger partial charge < -0.3 is 9.47 Å². The van der Waals surface area contributed by atoms with Gasteiger partial charge in [0, 0.05) is 0 Å². The summed E-state index contributed by atoms with van der Waals surface area (Å²) < 4.78 is 10.6. The molecule has 0 fully saturated rings. The van der Waals surface area contributed by atoms with Crippen molar-refractivity contribution in [3.05, 3.63) is 35.9 Å². The molecule has 1 aromatic heterocycles. The van der Waals surface area contributed by atoms with E-state index in [4.69, 9.17) is 15.3 Å². The number of nitrogens with zero attached hydrogens (tertiary/aromatic N) is 3. The van der Waals surface area contributed by atoms with Gasteiger partial charge in [-0.25, -0.2) is 5.84 Å². The van der Waals surface area contributed by atoms with Crippen LogP contribution in [0.5, 0.6) is 12.0 Å². The standard InChI is InChI=1S/C12H15N5O2/c1-8(9-6-4-3-5-7-9)19-12-15-10(17-13)14-11(16-12)18-2/h3-8H,13H2,1-2H3,(H,14,15,16,17). The van der Waals surface area contributed by atoms with Gasteiger partial charge in [0.15, 0.2) is 0 Å². The second kappa shape index (κ2) is 5.96. The first-order valence-electron chi connectivity index (χ1n) is 5.71. The summed E-state index contributed by atoms with van der Waals surface area (Å²) in [5.41, 5.74) is 3.35. The van der Waals surface area contributed by atoms with Crippen LogP contribution in [-0.4, -0.2) is 22.1 Å². The van der Waals surface area contributed by atoms with Crippen molar-refractivity contribution in [1.82, 2.24) is 15.0 Å². The van der Waals surface area contributed by atoms with E-state index in [1.807, 2.05) is 37.3 Å². The van der Waals surface area contributed by atoms with Crippen molar-refractivity contribution in [2.24, 2.45) is 5.84 Å². The zero-order chi connectivity index (χ0) is 13.7. The number of nitrogens with two attached hydrogens (primary N) is 1. The van der Waals surface area contributed by atoms with Gasteiger partial charge in [-0.3, -0.25) is 5.43 Å². The molecule has 0 bridgehead atoms. The van der Waals surface area contributed by atoms with Crippen molar-refractivity contribution in [3.63, 3.8) is 0 Å². The molecule has 2 rings (SSSR count). The van der Waals surface area contributed by atoms with E-state index in [0.717, 1.165) is 5.56 Å². The Morgan fingerprint density at radius 1 is 1.11 bits per heavy atom. The molecule has 3 N–H and O–H groups in total. The van der Waals surface area contributed by atoms with Gasteiger partial charge in [0.1, 0.15) is 6.10 Å². The second-order valence-electron chi connectivity index (χ2n) is 3.74. The minimum atomic E-state index is -0.195. The number of methoxy groups -OCH3 is 1. The molecule has 2 aromatic rings. The monoisotopic (exact) mass is 261 g/mol. The average molecular weight is 261 g/mol. The van der Waals surface area contributed by atoms with Crippen LogP contribution in [0.25, 0.3) is 0 Å². The Morgan fingerprint density at radius 3 is 2.42 bits per heavy atom. The molecule has 0 aliphatic rings. The van der Waals surface area contributed by atoms with Crippen molar-refractivity contribution in [2.75, 3.05) is 12.5 Å². The molecule has 19 heavy (non-hydrogen) atoms. The highest BCUT2D eigenvalue weighted by Gasteiger charge is 2.12. The molecule has 100 valence electrons. The third kappa shape index (κ3) is 3.29. The van der Waals surface area contributed by atoms with Crippen LogP contribution in [0.1, 0.15) is 18.6 Å². The number of anilines is 1. The molecule has 1 heterocycles. The van der Waals surface area contributed by atoms with E-state index in [-0.39, 0.29) is 24.1 Å². The molecule has 7 heteroatoms. The maximum atomic E-state index is 5.65. The number of hydrazine groups is 1. The molecule has 7 nitrogen and oxygen atoms in total. The maximum Gasteiger partial charge on any atom is 0.325 e. The summed E-state index contributed by atoms with van der Waals surface area (Å²) in [6, 6.07) is 10.0. The lowest BCUT2D eigenvalue weighted by Gasteiger charge is -2.13. The summed E-state index contributed by atoms with van der Waals surface area (Å²) in [4.78, 5) is 11.9. The maximum absolute atomic E-state index is 5.65. The predicted molar refractivity (Wildman–Crippen MR) is 69.7 cm³/mol. The molecule has 0 radical (unpaired) electrons. The quantitative estimate of drug-likeness (QED) is 0.618. The molecular weight excluding hydrogens is 246 g/mol. The number of hydrogen-bond acceptors (Lipinski definition) is 7. The van der Waals surface area contributed by atoms with Gasteiger partial charge in [0.05, 0.1) is 7.11 Å². The highest BCUT2D eigenvalue weighted by atomic mass is 16.5. The topological polar surface area (TPSA) is 95.2 Å². The van der Waals surface area contributed by atoms with E-state index in [9.17, 15) is 0 Å². The molecule has 1 atom stereocenters. The Bertz CT molecular complexity index is 513. The summed E-state index contributed by atoms with van der Waals surface area (Å²) in [7, 11) is 1.46. The fourth-order valence-corrected chi connectivity index (χ4v) is 1.50. The van der Waals surface area contributed by atoms with Crippen molar-refractivity contribution < 1.29 is 9.47 Å². The first kappa shape index (κ1) is 13.0. The van der Waals surface area contributed by atoms with Crippen LogP contribution in [-0.2, 0) is 0 Å². The molecule has 0 saturated carbocycles. The fourth-order valence-electron chi connectivity index (χ4n) is 1.50. The third-order valence-corrected chi connectivity index (χ3v) is 2.46. The SMILES string of the molecule is COc1nc(NN)nc(OC(C)c2ccccc2)n1. The number of hydrogen-bond donors (Lipinski definition) is 2. The molecule has 0 aliphatic carbocycles. The van der Waals surface area contributed by atoms with E-state index in [1.54, 1.807) is 0 Å². The fraction of sp³-hybridized carbons (Fsp3) is 0.250. The number of aromatic nitrogens is 3. The third-order valence-electron chi connectivity index (χ3n) is 2.46.